The number of hydrogen-bond donors (Lipinski definition) is 0. The third-order valence-electron chi connectivity index (χ3n) is 5.93. The number of amides is 1. The number of carbonyl (C=O) groups excluding carboxylic acids is 1. The van der Waals surface area contributed by atoms with Gasteiger partial charge in [0.15, 0.2) is 0 Å². The fraction of sp³-hybridized carbons (Fsp3) is 0.600. The van der Waals surface area contributed by atoms with Crippen LogP contribution in [0.3, 0.4) is 0 Å². The van der Waals surface area contributed by atoms with E-state index in [0.29, 0.717) is 6.54 Å². The van der Waals surface area contributed by atoms with Crippen molar-refractivity contribution in [3.05, 3.63) is 35.9 Å². The number of likely N-dealkylation sites (tertiary alicyclic amines) is 1. The lowest BCUT2D eigenvalue weighted by molar-refractivity contribution is -0.132. The highest BCUT2D eigenvalue weighted by Gasteiger charge is 2.32. The van der Waals surface area contributed by atoms with E-state index in [1.807, 2.05) is 18.2 Å². The molecule has 2 atom stereocenters. The molecular weight excluding hydrogens is 298 g/mol. The van der Waals surface area contributed by atoms with Crippen LogP contribution >= 0.6 is 0 Å². The Bertz CT molecular complexity index is 613. The molecule has 1 aromatic rings. The largest absolute Gasteiger partial charge is 0.294 e. The van der Waals surface area contributed by atoms with Gasteiger partial charge in [0.05, 0.1) is 18.8 Å². The molecule has 24 heavy (non-hydrogen) atoms. The summed E-state index contributed by atoms with van der Waals surface area (Å²) in [5.74, 6) is 1.90. The molecule has 0 bridgehead atoms. The molecule has 4 rings (SSSR count). The first kappa shape index (κ1) is 15.8. The van der Waals surface area contributed by atoms with Gasteiger partial charge in [-0.05, 0) is 36.8 Å². The van der Waals surface area contributed by atoms with Crippen LogP contribution < -0.4 is 0 Å². The molecule has 2 aliphatic heterocycles. The molecule has 1 amide bonds. The van der Waals surface area contributed by atoms with Gasteiger partial charge in [-0.2, -0.15) is 5.10 Å². The van der Waals surface area contributed by atoms with E-state index >= 15 is 0 Å². The van der Waals surface area contributed by atoms with Crippen LogP contribution in [0.2, 0.25) is 0 Å². The minimum Gasteiger partial charge on any atom is -0.294 e. The van der Waals surface area contributed by atoms with E-state index in [-0.39, 0.29) is 5.91 Å². The zero-order valence-electron chi connectivity index (χ0n) is 14.4. The van der Waals surface area contributed by atoms with Crippen LogP contribution in [0, 0.1) is 11.8 Å². The van der Waals surface area contributed by atoms with Crippen LogP contribution in [0.15, 0.2) is 35.4 Å². The Morgan fingerprint density at radius 3 is 2.67 bits per heavy atom. The maximum Gasteiger partial charge on any atom is 0.256 e. The summed E-state index contributed by atoms with van der Waals surface area (Å²) < 4.78 is 0. The molecular formula is C20H27N3O. The molecule has 0 spiro atoms. The lowest BCUT2D eigenvalue weighted by atomic mass is 9.75. The number of hydrazone groups is 1. The van der Waals surface area contributed by atoms with Crippen molar-refractivity contribution in [3.63, 3.8) is 0 Å². The van der Waals surface area contributed by atoms with E-state index in [9.17, 15) is 4.79 Å². The molecule has 4 nitrogen and oxygen atoms in total. The molecule has 2 heterocycles. The molecule has 4 heteroatoms. The van der Waals surface area contributed by atoms with E-state index in [1.165, 1.54) is 32.1 Å². The topological polar surface area (TPSA) is 35.9 Å². The van der Waals surface area contributed by atoms with Crippen LogP contribution in [0.25, 0.3) is 0 Å². The second-order valence-electron chi connectivity index (χ2n) is 7.51. The van der Waals surface area contributed by atoms with Gasteiger partial charge in [-0.1, -0.05) is 49.6 Å². The number of carbonyl (C=O) groups is 1. The molecule has 0 aromatic heterocycles. The normalized spacial score (nSPS) is 27.7. The van der Waals surface area contributed by atoms with Crippen molar-refractivity contribution < 1.29 is 4.79 Å². The van der Waals surface area contributed by atoms with Gasteiger partial charge >= 0.3 is 0 Å². The summed E-state index contributed by atoms with van der Waals surface area (Å²) in [5.41, 5.74) is 2.17. The third kappa shape index (κ3) is 3.39. The molecule has 1 aromatic carbocycles. The van der Waals surface area contributed by atoms with Crippen LogP contribution in [-0.2, 0) is 4.79 Å². The first-order chi connectivity index (χ1) is 11.8. The second-order valence-corrected chi connectivity index (χ2v) is 7.51. The number of benzene rings is 1. The average Bonchev–Trinajstić information content (AvgIpc) is 3.13. The fourth-order valence-electron chi connectivity index (χ4n) is 4.56. The first-order valence-electron chi connectivity index (χ1n) is 9.45. The Hall–Kier alpha value is -1.68. The third-order valence-corrected chi connectivity index (χ3v) is 5.93. The predicted molar refractivity (Wildman–Crippen MR) is 95.8 cm³/mol. The van der Waals surface area contributed by atoms with Crippen molar-refractivity contribution in [1.82, 2.24) is 9.91 Å². The van der Waals surface area contributed by atoms with Gasteiger partial charge in [-0.25, -0.2) is 5.01 Å². The molecule has 2 fully saturated rings. The number of rotatable bonds is 3. The van der Waals surface area contributed by atoms with Crippen LogP contribution in [0.4, 0.5) is 0 Å². The molecule has 0 N–H and O–H groups in total. The lowest BCUT2D eigenvalue weighted by Crippen LogP contribution is -2.46. The van der Waals surface area contributed by atoms with Gasteiger partial charge in [0, 0.05) is 13.0 Å². The van der Waals surface area contributed by atoms with E-state index < -0.39 is 0 Å². The molecule has 1 saturated carbocycles. The summed E-state index contributed by atoms with van der Waals surface area (Å²) in [5, 5.41) is 6.27. The Balaban J connectivity index is 1.34. The number of hydrogen-bond acceptors (Lipinski definition) is 3. The van der Waals surface area contributed by atoms with Gasteiger partial charge in [-0.3, -0.25) is 9.69 Å². The highest BCUT2D eigenvalue weighted by atomic mass is 16.2. The van der Waals surface area contributed by atoms with Gasteiger partial charge in [0.2, 0.25) is 0 Å². The summed E-state index contributed by atoms with van der Waals surface area (Å²) in [6.45, 7) is 3.45. The molecule has 128 valence electrons. The quantitative estimate of drug-likeness (QED) is 0.856. The summed E-state index contributed by atoms with van der Waals surface area (Å²) in [6, 6.07) is 10.2. The van der Waals surface area contributed by atoms with Gasteiger partial charge in [0.1, 0.15) is 0 Å². The second kappa shape index (κ2) is 7.06. The van der Waals surface area contributed by atoms with Crippen molar-refractivity contribution in [3.8, 4) is 0 Å². The maximum absolute atomic E-state index is 12.6. The lowest BCUT2D eigenvalue weighted by Gasteiger charge is -2.41. The summed E-state index contributed by atoms with van der Waals surface area (Å²) >= 11 is 0. The monoisotopic (exact) mass is 325 g/mol. The summed E-state index contributed by atoms with van der Waals surface area (Å²) in [6.07, 6.45) is 7.68. The van der Waals surface area contributed by atoms with Crippen molar-refractivity contribution in [1.29, 1.82) is 0 Å². The van der Waals surface area contributed by atoms with E-state index in [4.69, 9.17) is 0 Å². The minimum atomic E-state index is 0.162. The van der Waals surface area contributed by atoms with Crippen molar-refractivity contribution in [2.24, 2.45) is 16.9 Å². The van der Waals surface area contributed by atoms with Crippen LogP contribution in [-0.4, -0.2) is 47.7 Å². The van der Waals surface area contributed by atoms with E-state index in [2.05, 4.69) is 22.1 Å². The minimum absolute atomic E-state index is 0.162. The van der Waals surface area contributed by atoms with E-state index in [0.717, 1.165) is 49.2 Å². The van der Waals surface area contributed by atoms with Crippen LogP contribution in [0.1, 0.15) is 44.1 Å². The maximum atomic E-state index is 12.6. The Morgan fingerprint density at radius 1 is 1.04 bits per heavy atom. The summed E-state index contributed by atoms with van der Waals surface area (Å²) in [4.78, 5) is 15.0. The van der Waals surface area contributed by atoms with Crippen molar-refractivity contribution in [2.75, 3.05) is 26.2 Å². The Labute approximate surface area is 144 Å². The Kier molecular flexibility index (Phi) is 4.65. The van der Waals surface area contributed by atoms with Crippen molar-refractivity contribution in [2.45, 2.75) is 38.5 Å². The van der Waals surface area contributed by atoms with Crippen molar-refractivity contribution >= 4 is 11.6 Å². The first-order valence-corrected chi connectivity index (χ1v) is 9.45. The predicted octanol–water partition coefficient (Wildman–Crippen LogP) is 3.14. The zero-order chi connectivity index (χ0) is 16.4. The number of nitrogens with zero attached hydrogens (tertiary/aromatic N) is 3. The molecule has 0 unspecified atom stereocenters. The van der Waals surface area contributed by atoms with Gasteiger partial charge in [0.25, 0.3) is 5.91 Å². The smallest absolute Gasteiger partial charge is 0.256 e. The van der Waals surface area contributed by atoms with E-state index in [1.54, 1.807) is 5.01 Å². The fourth-order valence-corrected chi connectivity index (χ4v) is 4.56. The highest BCUT2D eigenvalue weighted by molar-refractivity contribution is 6.02. The molecule has 1 aliphatic carbocycles. The van der Waals surface area contributed by atoms with Crippen LogP contribution in [0.5, 0.6) is 0 Å². The molecule has 0 radical (unpaired) electrons. The van der Waals surface area contributed by atoms with Gasteiger partial charge < -0.3 is 0 Å². The Morgan fingerprint density at radius 2 is 1.83 bits per heavy atom. The van der Waals surface area contributed by atoms with Gasteiger partial charge in [-0.15, -0.1) is 0 Å². The average molecular weight is 325 g/mol. The zero-order valence-corrected chi connectivity index (χ0v) is 14.4. The highest BCUT2D eigenvalue weighted by Crippen LogP contribution is 2.35. The SMILES string of the molecule is O=C(CN1CC[C@@H]2CCCC[C@@H]2C1)N1CCC(c2ccccc2)=N1. The summed E-state index contributed by atoms with van der Waals surface area (Å²) in [7, 11) is 0. The number of piperidine rings is 1. The standard InChI is InChI=1S/C20H27N3O/c24-20(15-22-12-10-16-6-4-5-9-18(16)14-22)23-13-11-19(21-23)17-7-2-1-3-8-17/h1-3,7-8,16,18H,4-6,9-15H2/t16-,18+/m0/s1. The molecule has 3 aliphatic rings. The molecule has 1 saturated heterocycles. The number of fused-ring (bicyclic) bond motifs is 1.